The fourth-order valence-corrected chi connectivity index (χ4v) is 3.30. The summed E-state index contributed by atoms with van der Waals surface area (Å²) in [6.07, 6.45) is 0. The van der Waals surface area contributed by atoms with Gasteiger partial charge in [-0.25, -0.2) is 4.98 Å². The highest BCUT2D eigenvalue weighted by atomic mass is 35.5. The van der Waals surface area contributed by atoms with E-state index < -0.39 is 0 Å². The van der Waals surface area contributed by atoms with Crippen molar-refractivity contribution < 1.29 is 0 Å². The zero-order valence-electron chi connectivity index (χ0n) is 12.5. The predicted molar refractivity (Wildman–Crippen MR) is 96.1 cm³/mol. The van der Waals surface area contributed by atoms with Crippen LogP contribution in [0.5, 0.6) is 0 Å². The smallest absolute Gasteiger partial charge is 0.129 e. The van der Waals surface area contributed by atoms with E-state index in [2.05, 4.69) is 9.98 Å². The Bertz CT molecular complexity index is 893. The third-order valence-corrected chi connectivity index (χ3v) is 4.58. The van der Waals surface area contributed by atoms with E-state index >= 15 is 0 Å². The number of halogens is 2. The summed E-state index contributed by atoms with van der Waals surface area (Å²) in [6, 6.07) is 11.5. The van der Waals surface area contributed by atoms with E-state index in [4.69, 9.17) is 28.2 Å². The van der Waals surface area contributed by atoms with E-state index in [0.717, 1.165) is 33.8 Å². The van der Waals surface area contributed by atoms with E-state index in [9.17, 15) is 0 Å². The Kier molecular flexibility index (Phi) is 3.55. The average Bonchev–Trinajstić information content (AvgIpc) is 2.82. The van der Waals surface area contributed by atoms with Crippen LogP contribution >= 0.6 is 23.2 Å². The molecule has 0 unspecified atom stereocenters. The largest absolute Gasteiger partial charge is 0.285 e. The summed E-state index contributed by atoms with van der Waals surface area (Å²) in [5, 5.41) is 1.19. The van der Waals surface area contributed by atoms with E-state index in [1.807, 2.05) is 37.3 Å². The topological polar surface area (TPSA) is 37.6 Å². The summed E-state index contributed by atoms with van der Waals surface area (Å²) in [5.41, 5.74) is 7.09. The molecule has 0 saturated heterocycles. The fraction of sp³-hybridized carbons (Fsp3) is 0.167. The van der Waals surface area contributed by atoms with Crippen LogP contribution in [0.2, 0.25) is 10.2 Å². The van der Waals surface area contributed by atoms with Gasteiger partial charge in [-0.3, -0.25) is 9.98 Å². The number of aromatic nitrogens is 1. The Balaban J connectivity index is 1.93. The summed E-state index contributed by atoms with van der Waals surface area (Å²) < 4.78 is 0. The first-order chi connectivity index (χ1) is 11.1. The van der Waals surface area contributed by atoms with E-state index in [1.165, 1.54) is 5.57 Å². The van der Waals surface area contributed by atoms with Crippen molar-refractivity contribution in [2.75, 3.05) is 13.1 Å². The van der Waals surface area contributed by atoms with Crippen molar-refractivity contribution in [2.24, 2.45) is 9.98 Å². The highest BCUT2D eigenvalue weighted by Gasteiger charge is 2.26. The third kappa shape index (κ3) is 2.50. The van der Waals surface area contributed by atoms with Crippen LogP contribution in [0, 0.1) is 0 Å². The summed E-state index contributed by atoms with van der Waals surface area (Å²) in [7, 11) is 0. The third-order valence-electron chi connectivity index (χ3n) is 4.12. The quantitative estimate of drug-likeness (QED) is 0.705. The lowest BCUT2D eigenvalue weighted by atomic mass is 9.95. The number of fused-ring (bicyclic) bond motifs is 2. The van der Waals surface area contributed by atoms with Crippen molar-refractivity contribution in [3.05, 3.63) is 69.0 Å². The van der Waals surface area contributed by atoms with Gasteiger partial charge in [-0.15, -0.1) is 0 Å². The number of hydrogen-bond donors (Lipinski definition) is 0. The molecule has 2 aliphatic rings. The van der Waals surface area contributed by atoms with Gasteiger partial charge in [0.15, 0.2) is 0 Å². The highest BCUT2D eigenvalue weighted by molar-refractivity contribution is 6.32. The first-order valence-electron chi connectivity index (χ1n) is 7.34. The van der Waals surface area contributed by atoms with Gasteiger partial charge < -0.3 is 0 Å². The van der Waals surface area contributed by atoms with Gasteiger partial charge in [-0.2, -0.15) is 0 Å². The Morgan fingerprint density at radius 3 is 2.43 bits per heavy atom. The molecule has 0 aliphatic carbocycles. The van der Waals surface area contributed by atoms with Gasteiger partial charge in [0, 0.05) is 27.4 Å². The second-order valence-electron chi connectivity index (χ2n) is 5.58. The second-order valence-corrected chi connectivity index (χ2v) is 6.41. The van der Waals surface area contributed by atoms with Crippen LogP contribution in [-0.2, 0) is 0 Å². The predicted octanol–water partition coefficient (Wildman–Crippen LogP) is 4.47. The SMILES string of the molecule is CC1=NCC2=C1c1nc(Cl)ccc1C(c1ccc(Cl)cc1)=NC2. The van der Waals surface area contributed by atoms with E-state index in [0.29, 0.717) is 23.3 Å². The lowest BCUT2D eigenvalue weighted by Crippen LogP contribution is -2.09. The molecule has 0 saturated carbocycles. The summed E-state index contributed by atoms with van der Waals surface area (Å²) >= 11 is 12.2. The summed E-state index contributed by atoms with van der Waals surface area (Å²) in [4.78, 5) is 13.9. The molecule has 0 radical (unpaired) electrons. The maximum absolute atomic E-state index is 6.15. The molecular formula is C18H13Cl2N3. The monoisotopic (exact) mass is 341 g/mol. The Morgan fingerprint density at radius 1 is 0.913 bits per heavy atom. The molecule has 4 rings (SSSR count). The Hall–Kier alpha value is -1.97. The molecule has 114 valence electrons. The lowest BCUT2D eigenvalue weighted by molar-refractivity contribution is 1.07. The van der Waals surface area contributed by atoms with Gasteiger partial charge in [-0.05, 0) is 36.8 Å². The number of benzene rings is 1. The van der Waals surface area contributed by atoms with Crippen molar-refractivity contribution in [2.45, 2.75) is 6.92 Å². The van der Waals surface area contributed by atoms with Crippen LogP contribution in [0.1, 0.15) is 23.7 Å². The number of allylic oxidation sites excluding steroid dienone is 1. The Morgan fingerprint density at radius 2 is 1.65 bits per heavy atom. The molecule has 0 bridgehead atoms. The molecule has 23 heavy (non-hydrogen) atoms. The minimum Gasteiger partial charge on any atom is -0.285 e. The molecule has 0 fully saturated rings. The molecule has 0 amide bonds. The first kappa shape index (κ1) is 14.6. The number of rotatable bonds is 1. The molecule has 0 N–H and O–H groups in total. The maximum atomic E-state index is 6.15. The molecule has 0 atom stereocenters. The van der Waals surface area contributed by atoms with Crippen LogP contribution in [0.25, 0.3) is 5.57 Å². The standard InChI is InChI=1S/C18H13Cl2N3/c1-10-16-12(8-21-10)9-22-17(11-2-4-13(19)5-3-11)14-6-7-15(20)23-18(14)16/h2-7H,8-9H2,1H3. The maximum Gasteiger partial charge on any atom is 0.129 e. The summed E-state index contributed by atoms with van der Waals surface area (Å²) in [6.45, 7) is 3.33. The van der Waals surface area contributed by atoms with Crippen LogP contribution in [0.15, 0.2) is 52.0 Å². The molecule has 5 heteroatoms. The number of nitrogens with zero attached hydrogens (tertiary/aromatic N) is 3. The summed E-state index contributed by atoms with van der Waals surface area (Å²) in [5.74, 6) is 0. The molecule has 3 heterocycles. The van der Waals surface area contributed by atoms with Crippen LogP contribution in [-0.4, -0.2) is 29.5 Å². The van der Waals surface area contributed by atoms with Crippen molar-refractivity contribution in [1.82, 2.24) is 4.98 Å². The molecular weight excluding hydrogens is 329 g/mol. The average molecular weight is 342 g/mol. The van der Waals surface area contributed by atoms with Crippen LogP contribution in [0.3, 0.4) is 0 Å². The number of pyridine rings is 1. The minimum absolute atomic E-state index is 0.479. The highest BCUT2D eigenvalue weighted by Crippen LogP contribution is 2.32. The molecule has 3 nitrogen and oxygen atoms in total. The van der Waals surface area contributed by atoms with E-state index in [-0.39, 0.29) is 0 Å². The molecule has 1 aromatic heterocycles. The van der Waals surface area contributed by atoms with Gasteiger partial charge in [-0.1, -0.05) is 35.3 Å². The fourth-order valence-electron chi connectivity index (χ4n) is 3.03. The van der Waals surface area contributed by atoms with Gasteiger partial charge in [0.1, 0.15) is 5.15 Å². The second kappa shape index (κ2) is 5.59. The lowest BCUT2D eigenvalue weighted by Gasteiger charge is -2.12. The molecule has 2 aliphatic heterocycles. The van der Waals surface area contributed by atoms with Crippen LogP contribution in [0.4, 0.5) is 0 Å². The van der Waals surface area contributed by atoms with Crippen molar-refractivity contribution in [3.63, 3.8) is 0 Å². The minimum atomic E-state index is 0.479. The van der Waals surface area contributed by atoms with Gasteiger partial charge in [0.2, 0.25) is 0 Å². The van der Waals surface area contributed by atoms with Gasteiger partial charge in [0.05, 0.1) is 24.5 Å². The van der Waals surface area contributed by atoms with Crippen molar-refractivity contribution in [3.8, 4) is 0 Å². The Labute approximate surface area is 144 Å². The number of aliphatic imine (C=N–C) groups is 2. The van der Waals surface area contributed by atoms with Crippen molar-refractivity contribution in [1.29, 1.82) is 0 Å². The molecule has 2 aromatic rings. The van der Waals surface area contributed by atoms with Crippen LogP contribution < -0.4 is 0 Å². The van der Waals surface area contributed by atoms with Gasteiger partial charge in [0.25, 0.3) is 0 Å². The first-order valence-corrected chi connectivity index (χ1v) is 8.10. The van der Waals surface area contributed by atoms with E-state index in [1.54, 1.807) is 6.07 Å². The molecule has 0 spiro atoms. The zero-order valence-corrected chi connectivity index (χ0v) is 14.0. The van der Waals surface area contributed by atoms with Crippen molar-refractivity contribution >= 4 is 40.2 Å². The number of hydrogen-bond acceptors (Lipinski definition) is 3. The molecule has 1 aromatic carbocycles. The normalized spacial score (nSPS) is 16.5. The van der Waals surface area contributed by atoms with Gasteiger partial charge >= 0.3 is 0 Å². The zero-order chi connectivity index (χ0) is 16.0.